The summed E-state index contributed by atoms with van der Waals surface area (Å²) >= 11 is 0. The fourth-order valence-corrected chi connectivity index (χ4v) is 10.7. The fourth-order valence-electron chi connectivity index (χ4n) is 10.7. The zero-order chi connectivity index (χ0) is 50.6. The molecule has 3 heterocycles. The second-order valence-electron chi connectivity index (χ2n) is 19.1. The van der Waals surface area contributed by atoms with Gasteiger partial charge in [0, 0.05) is 57.4 Å². The van der Waals surface area contributed by atoms with Gasteiger partial charge in [-0.3, -0.25) is 15.0 Å². The molecule has 13 aromatic rings. The molecule has 10 aromatic carbocycles. The standard InChI is InChI=1S/C73H49N3/c1-4-19-50(20-5-1)51-35-37-52(38-36-51)55-25-18-26-56(43-55)73-69-34-17-16-33-68(69)70(49-76-73)67-32-15-14-31-66(67)61-45-59(64-29-12-10-27-62(64)57-39-41-71(74-47-57)53-21-6-2-7-22-53)44-60(46-61)65-30-13-11-28-63(65)58-40-42-72(75-48-58)54-23-8-3-9-24-54/h1-49H. The molecule has 0 bridgehead atoms. The Kier molecular flexibility index (Phi) is 12.3. The zero-order valence-corrected chi connectivity index (χ0v) is 41.6. The van der Waals surface area contributed by atoms with E-state index in [4.69, 9.17) is 15.0 Å². The number of fused-ring (bicyclic) bond motifs is 1. The van der Waals surface area contributed by atoms with E-state index in [1.54, 1.807) is 0 Å². The Labute approximate surface area is 443 Å². The third-order valence-electron chi connectivity index (χ3n) is 14.5. The van der Waals surface area contributed by atoms with Crippen molar-refractivity contribution >= 4 is 10.8 Å². The molecule has 3 nitrogen and oxygen atoms in total. The van der Waals surface area contributed by atoms with Crippen LogP contribution in [0.1, 0.15) is 0 Å². The lowest BCUT2D eigenvalue weighted by Crippen LogP contribution is -1.94. The highest BCUT2D eigenvalue weighted by Gasteiger charge is 2.19. The normalized spacial score (nSPS) is 11.2. The summed E-state index contributed by atoms with van der Waals surface area (Å²) in [6.45, 7) is 0. The maximum Gasteiger partial charge on any atom is 0.0780 e. The first kappa shape index (κ1) is 45.7. The van der Waals surface area contributed by atoms with Crippen LogP contribution in [0.3, 0.4) is 0 Å². The Morgan fingerprint density at radius 3 is 1.00 bits per heavy atom. The fraction of sp³-hybridized carbons (Fsp3) is 0. The topological polar surface area (TPSA) is 38.7 Å². The summed E-state index contributed by atoms with van der Waals surface area (Å²) in [5, 5.41) is 2.24. The molecule has 3 aromatic heterocycles. The molecular formula is C73H49N3. The Balaban J connectivity index is 0.934. The second kappa shape index (κ2) is 20.4. The first-order valence-corrected chi connectivity index (χ1v) is 25.8. The summed E-state index contributed by atoms with van der Waals surface area (Å²) in [5.41, 5.74) is 24.0. The van der Waals surface area contributed by atoms with Gasteiger partial charge in [-0.2, -0.15) is 0 Å². The Hall–Kier alpha value is -10.1. The van der Waals surface area contributed by atoms with E-state index in [1.165, 1.54) is 16.7 Å². The molecular weight excluding hydrogens is 919 g/mol. The highest BCUT2D eigenvalue weighted by atomic mass is 14.7. The number of hydrogen-bond donors (Lipinski definition) is 0. The van der Waals surface area contributed by atoms with Gasteiger partial charge in [-0.1, -0.05) is 243 Å². The molecule has 0 aliphatic rings. The quantitative estimate of drug-likeness (QED) is 0.130. The molecule has 0 radical (unpaired) electrons. The molecule has 0 fully saturated rings. The minimum absolute atomic E-state index is 0.944. The highest BCUT2D eigenvalue weighted by Crippen LogP contribution is 2.44. The van der Waals surface area contributed by atoms with Crippen LogP contribution < -0.4 is 0 Å². The Bertz CT molecular complexity index is 4030. The van der Waals surface area contributed by atoms with E-state index >= 15 is 0 Å². The second-order valence-corrected chi connectivity index (χ2v) is 19.1. The van der Waals surface area contributed by atoms with Crippen molar-refractivity contribution in [1.29, 1.82) is 0 Å². The van der Waals surface area contributed by atoms with E-state index in [1.807, 2.05) is 24.5 Å². The van der Waals surface area contributed by atoms with Gasteiger partial charge in [0.05, 0.1) is 17.1 Å². The van der Waals surface area contributed by atoms with E-state index < -0.39 is 0 Å². The average molecular weight is 968 g/mol. The zero-order valence-electron chi connectivity index (χ0n) is 41.6. The summed E-state index contributed by atoms with van der Waals surface area (Å²) in [6, 6.07) is 99.4. The number of nitrogens with zero attached hydrogens (tertiary/aromatic N) is 3. The molecule has 0 N–H and O–H groups in total. The summed E-state index contributed by atoms with van der Waals surface area (Å²) in [4.78, 5) is 15.3. The monoisotopic (exact) mass is 967 g/mol. The van der Waals surface area contributed by atoms with Crippen molar-refractivity contribution in [1.82, 2.24) is 15.0 Å². The lowest BCUT2D eigenvalue weighted by molar-refractivity contribution is 1.32. The van der Waals surface area contributed by atoms with Crippen molar-refractivity contribution in [3.05, 3.63) is 298 Å². The van der Waals surface area contributed by atoms with E-state index in [2.05, 4.69) is 273 Å². The summed E-state index contributed by atoms with van der Waals surface area (Å²) in [7, 11) is 0. The van der Waals surface area contributed by atoms with E-state index in [-0.39, 0.29) is 0 Å². The molecule has 0 aliphatic carbocycles. The van der Waals surface area contributed by atoms with Gasteiger partial charge in [-0.15, -0.1) is 0 Å². The maximum absolute atomic E-state index is 5.34. The van der Waals surface area contributed by atoms with Crippen LogP contribution in [0.2, 0.25) is 0 Å². The van der Waals surface area contributed by atoms with Crippen molar-refractivity contribution in [3.63, 3.8) is 0 Å². The first-order valence-electron chi connectivity index (χ1n) is 25.8. The van der Waals surface area contributed by atoms with Crippen LogP contribution in [-0.2, 0) is 0 Å². The molecule has 0 saturated carbocycles. The van der Waals surface area contributed by atoms with Gasteiger partial charge < -0.3 is 0 Å². The van der Waals surface area contributed by atoms with E-state index in [0.29, 0.717) is 0 Å². The van der Waals surface area contributed by atoms with Gasteiger partial charge in [0.25, 0.3) is 0 Å². The smallest absolute Gasteiger partial charge is 0.0780 e. The Morgan fingerprint density at radius 1 is 0.171 bits per heavy atom. The molecule has 0 spiro atoms. The average Bonchev–Trinajstić information content (AvgIpc) is 3.51. The molecule has 76 heavy (non-hydrogen) atoms. The maximum atomic E-state index is 5.34. The van der Waals surface area contributed by atoms with Crippen molar-refractivity contribution in [2.24, 2.45) is 0 Å². The van der Waals surface area contributed by atoms with Crippen molar-refractivity contribution < 1.29 is 0 Å². The molecule has 356 valence electrons. The third kappa shape index (κ3) is 9.08. The molecule has 0 atom stereocenters. The molecule has 0 aliphatic heterocycles. The number of hydrogen-bond acceptors (Lipinski definition) is 3. The molecule has 0 saturated heterocycles. The minimum atomic E-state index is 0.944. The minimum Gasteiger partial charge on any atom is -0.256 e. The predicted octanol–water partition coefficient (Wildman–Crippen LogP) is 19.4. The van der Waals surface area contributed by atoms with Crippen LogP contribution in [0.25, 0.3) is 134 Å². The van der Waals surface area contributed by atoms with Gasteiger partial charge >= 0.3 is 0 Å². The third-order valence-corrected chi connectivity index (χ3v) is 14.5. The van der Waals surface area contributed by atoms with Gasteiger partial charge in [-0.25, -0.2) is 0 Å². The molecule has 13 rings (SSSR count). The van der Waals surface area contributed by atoms with Gasteiger partial charge in [-0.05, 0) is 114 Å². The summed E-state index contributed by atoms with van der Waals surface area (Å²) in [6.07, 6.45) is 6.08. The van der Waals surface area contributed by atoms with E-state index in [0.717, 1.165) is 117 Å². The van der Waals surface area contributed by atoms with Crippen molar-refractivity contribution in [2.45, 2.75) is 0 Å². The van der Waals surface area contributed by atoms with Crippen LogP contribution in [0, 0.1) is 0 Å². The SMILES string of the molecule is c1ccc(-c2ccc(-c3cccc(-c4ncc(-c5ccccc5-c5cc(-c6ccccc6-c6ccc(-c7ccccc7)nc6)cc(-c6ccccc6-c6ccc(-c7ccccc7)nc6)c5)c5ccccc45)c3)cc2)cc1. The molecule has 0 amide bonds. The number of rotatable bonds is 11. The number of pyridine rings is 3. The highest BCUT2D eigenvalue weighted by molar-refractivity contribution is 6.06. The predicted molar refractivity (Wildman–Crippen MR) is 317 cm³/mol. The van der Waals surface area contributed by atoms with Gasteiger partial charge in [0.2, 0.25) is 0 Å². The molecule has 0 unspecified atom stereocenters. The Morgan fingerprint density at radius 2 is 0.513 bits per heavy atom. The summed E-state index contributed by atoms with van der Waals surface area (Å²) < 4.78 is 0. The van der Waals surface area contributed by atoms with Crippen LogP contribution in [0.4, 0.5) is 0 Å². The van der Waals surface area contributed by atoms with Crippen molar-refractivity contribution in [3.8, 4) is 123 Å². The lowest BCUT2D eigenvalue weighted by atomic mass is 9.86. The van der Waals surface area contributed by atoms with Gasteiger partial charge in [0.1, 0.15) is 0 Å². The van der Waals surface area contributed by atoms with Crippen LogP contribution >= 0.6 is 0 Å². The number of aromatic nitrogens is 3. The van der Waals surface area contributed by atoms with E-state index in [9.17, 15) is 0 Å². The first-order chi connectivity index (χ1) is 37.7. The van der Waals surface area contributed by atoms with Crippen LogP contribution in [-0.4, -0.2) is 15.0 Å². The van der Waals surface area contributed by atoms with Crippen LogP contribution in [0.15, 0.2) is 298 Å². The number of benzene rings is 10. The van der Waals surface area contributed by atoms with Gasteiger partial charge in [0.15, 0.2) is 0 Å². The van der Waals surface area contributed by atoms with Crippen molar-refractivity contribution in [2.75, 3.05) is 0 Å². The molecule has 3 heteroatoms. The summed E-state index contributed by atoms with van der Waals surface area (Å²) in [5.74, 6) is 0. The lowest BCUT2D eigenvalue weighted by Gasteiger charge is -2.19. The largest absolute Gasteiger partial charge is 0.256 e. The van der Waals surface area contributed by atoms with Crippen LogP contribution in [0.5, 0.6) is 0 Å².